The first-order valence-electron chi connectivity index (χ1n) is 6.81. The highest BCUT2D eigenvalue weighted by atomic mass is 15.2. The Hall–Kier alpha value is -2.17. The molecule has 0 aliphatic heterocycles. The molecule has 0 aliphatic carbocycles. The van der Waals surface area contributed by atoms with Crippen LogP contribution in [0.1, 0.15) is 23.9 Å². The van der Waals surface area contributed by atoms with Crippen molar-refractivity contribution in [1.82, 2.24) is 15.0 Å². The highest BCUT2D eigenvalue weighted by molar-refractivity contribution is 5.57. The third-order valence-electron chi connectivity index (χ3n) is 3.11. The SMILES string of the molecule is CCNc1ncnc(N(C)Cc2cccc(C)n2)c1C. The molecule has 20 heavy (non-hydrogen) atoms. The lowest BCUT2D eigenvalue weighted by atomic mass is 10.2. The van der Waals surface area contributed by atoms with Gasteiger partial charge in [-0.3, -0.25) is 4.98 Å². The maximum atomic E-state index is 4.53. The summed E-state index contributed by atoms with van der Waals surface area (Å²) in [7, 11) is 2.02. The van der Waals surface area contributed by atoms with E-state index >= 15 is 0 Å². The van der Waals surface area contributed by atoms with E-state index in [1.165, 1.54) is 0 Å². The summed E-state index contributed by atoms with van der Waals surface area (Å²) in [5, 5.41) is 3.25. The Morgan fingerprint density at radius 3 is 2.70 bits per heavy atom. The van der Waals surface area contributed by atoms with Crippen LogP contribution < -0.4 is 10.2 Å². The molecule has 0 aliphatic rings. The molecule has 106 valence electrons. The molecule has 0 radical (unpaired) electrons. The van der Waals surface area contributed by atoms with Crippen LogP contribution in [0.5, 0.6) is 0 Å². The minimum atomic E-state index is 0.727. The van der Waals surface area contributed by atoms with Crippen molar-refractivity contribution >= 4 is 11.6 Å². The molecular formula is C15H21N5. The molecule has 0 saturated heterocycles. The van der Waals surface area contributed by atoms with Gasteiger partial charge in [-0.15, -0.1) is 0 Å². The van der Waals surface area contributed by atoms with Crippen molar-refractivity contribution < 1.29 is 0 Å². The summed E-state index contributed by atoms with van der Waals surface area (Å²) < 4.78 is 0. The van der Waals surface area contributed by atoms with Crippen LogP contribution in [-0.4, -0.2) is 28.5 Å². The molecule has 0 amide bonds. The van der Waals surface area contributed by atoms with Gasteiger partial charge in [0.05, 0.1) is 12.2 Å². The van der Waals surface area contributed by atoms with Gasteiger partial charge in [-0.2, -0.15) is 0 Å². The third kappa shape index (κ3) is 3.23. The topological polar surface area (TPSA) is 53.9 Å². The first-order chi connectivity index (χ1) is 9.61. The van der Waals surface area contributed by atoms with E-state index < -0.39 is 0 Å². The van der Waals surface area contributed by atoms with Gasteiger partial charge in [0.15, 0.2) is 0 Å². The maximum Gasteiger partial charge on any atom is 0.137 e. The zero-order valence-electron chi connectivity index (χ0n) is 12.5. The molecule has 5 heteroatoms. The van der Waals surface area contributed by atoms with E-state index in [0.717, 1.165) is 41.7 Å². The second-order valence-electron chi connectivity index (χ2n) is 4.83. The van der Waals surface area contributed by atoms with Gasteiger partial charge >= 0.3 is 0 Å². The van der Waals surface area contributed by atoms with Crippen molar-refractivity contribution in [2.24, 2.45) is 0 Å². The predicted molar refractivity (Wildman–Crippen MR) is 82.0 cm³/mol. The van der Waals surface area contributed by atoms with Crippen LogP contribution in [0, 0.1) is 13.8 Å². The number of pyridine rings is 1. The zero-order chi connectivity index (χ0) is 14.5. The average Bonchev–Trinajstić information content (AvgIpc) is 2.41. The standard InChI is InChI=1S/C15H21N5/c1-5-16-14-12(3)15(18-10-17-14)20(4)9-13-8-6-7-11(2)19-13/h6-8,10H,5,9H2,1-4H3,(H,16,17,18). The van der Waals surface area contributed by atoms with Gasteiger partial charge in [0.2, 0.25) is 0 Å². The Labute approximate surface area is 120 Å². The summed E-state index contributed by atoms with van der Waals surface area (Å²) in [6.07, 6.45) is 1.60. The largest absolute Gasteiger partial charge is 0.370 e. The van der Waals surface area contributed by atoms with Crippen molar-refractivity contribution in [2.45, 2.75) is 27.3 Å². The third-order valence-corrected chi connectivity index (χ3v) is 3.11. The molecule has 1 N–H and O–H groups in total. The molecular weight excluding hydrogens is 250 g/mol. The van der Waals surface area contributed by atoms with E-state index in [-0.39, 0.29) is 0 Å². The average molecular weight is 271 g/mol. The predicted octanol–water partition coefficient (Wildman–Crippen LogP) is 2.56. The summed E-state index contributed by atoms with van der Waals surface area (Å²) in [5.74, 6) is 1.82. The van der Waals surface area contributed by atoms with E-state index in [1.807, 2.05) is 39.1 Å². The smallest absolute Gasteiger partial charge is 0.137 e. The van der Waals surface area contributed by atoms with Crippen LogP contribution in [0.25, 0.3) is 0 Å². The minimum absolute atomic E-state index is 0.727. The van der Waals surface area contributed by atoms with Crippen LogP contribution in [0.15, 0.2) is 24.5 Å². The second-order valence-corrected chi connectivity index (χ2v) is 4.83. The van der Waals surface area contributed by atoms with Gasteiger partial charge in [0.25, 0.3) is 0 Å². The lowest BCUT2D eigenvalue weighted by Crippen LogP contribution is -2.20. The van der Waals surface area contributed by atoms with E-state index in [1.54, 1.807) is 6.33 Å². The molecule has 0 spiro atoms. The number of nitrogens with zero attached hydrogens (tertiary/aromatic N) is 4. The Morgan fingerprint density at radius 2 is 2.00 bits per heavy atom. The zero-order valence-corrected chi connectivity index (χ0v) is 12.5. The van der Waals surface area contributed by atoms with E-state index in [9.17, 15) is 0 Å². The van der Waals surface area contributed by atoms with Crippen molar-refractivity contribution in [2.75, 3.05) is 23.8 Å². The first-order valence-corrected chi connectivity index (χ1v) is 6.81. The fourth-order valence-electron chi connectivity index (χ4n) is 2.18. The molecule has 0 atom stereocenters. The molecule has 2 rings (SSSR count). The summed E-state index contributed by atoms with van der Waals surface area (Å²) >= 11 is 0. The lowest BCUT2D eigenvalue weighted by Gasteiger charge is -2.21. The Kier molecular flexibility index (Phi) is 4.50. The summed E-state index contributed by atoms with van der Waals surface area (Å²) in [4.78, 5) is 15.3. The maximum absolute atomic E-state index is 4.53. The van der Waals surface area contributed by atoms with Crippen LogP contribution in [0.3, 0.4) is 0 Å². The van der Waals surface area contributed by atoms with Gasteiger partial charge in [-0.1, -0.05) is 6.07 Å². The van der Waals surface area contributed by atoms with Crippen molar-refractivity contribution in [3.63, 3.8) is 0 Å². The molecule has 2 aromatic rings. The molecule has 5 nitrogen and oxygen atoms in total. The monoisotopic (exact) mass is 271 g/mol. The minimum Gasteiger partial charge on any atom is -0.370 e. The molecule has 2 heterocycles. The van der Waals surface area contributed by atoms with E-state index in [2.05, 4.69) is 32.1 Å². The second kappa shape index (κ2) is 6.32. The quantitative estimate of drug-likeness (QED) is 0.905. The van der Waals surface area contributed by atoms with Crippen molar-refractivity contribution in [1.29, 1.82) is 0 Å². The number of hydrogen-bond donors (Lipinski definition) is 1. The van der Waals surface area contributed by atoms with Crippen LogP contribution in [0.2, 0.25) is 0 Å². The number of aryl methyl sites for hydroxylation is 1. The highest BCUT2D eigenvalue weighted by Gasteiger charge is 2.11. The fourth-order valence-corrected chi connectivity index (χ4v) is 2.18. The van der Waals surface area contributed by atoms with Gasteiger partial charge in [0, 0.05) is 24.8 Å². The van der Waals surface area contributed by atoms with Crippen LogP contribution in [-0.2, 0) is 6.54 Å². The van der Waals surface area contributed by atoms with Crippen LogP contribution in [0.4, 0.5) is 11.6 Å². The number of anilines is 2. The number of hydrogen-bond acceptors (Lipinski definition) is 5. The fraction of sp³-hybridized carbons (Fsp3) is 0.400. The first kappa shape index (κ1) is 14.2. The summed E-state index contributed by atoms with van der Waals surface area (Å²) in [6, 6.07) is 6.07. The van der Waals surface area contributed by atoms with Crippen molar-refractivity contribution in [3.05, 3.63) is 41.5 Å². The van der Waals surface area contributed by atoms with Crippen LogP contribution >= 0.6 is 0 Å². The van der Waals surface area contributed by atoms with Crippen molar-refractivity contribution in [3.8, 4) is 0 Å². The Balaban J connectivity index is 2.21. The number of nitrogens with one attached hydrogen (secondary N) is 1. The molecule has 0 saturated carbocycles. The Bertz CT molecular complexity index is 582. The number of aromatic nitrogens is 3. The van der Waals surface area contributed by atoms with Gasteiger partial charge in [-0.05, 0) is 32.9 Å². The molecule has 0 bridgehead atoms. The Morgan fingerprint density at radius 1 is 1.20 bits per heavy atom. The lowest BCUT2D eigenvalue weighted by molar-refractivity contribution is 0.848. The van der Waals surface area contributed by atoms with Gasteiger partial charge in [0.1, 0.15) is 18.0 Å². The molecule has 0 fully saturated rings. The number of rotatable bonds is 5. The normalized spacial score (nSPS) is 10.4. The summed E-state index contributed by atoms with van der Waals surface area (Å²) in [5.41, 5.74) is 3.13. The van der Waals surface area contributed by atoms with Gasteiger partial charge < -0.3 is 10.2 Å². The highest BCUT2D eigenvalue weighted by Crippen LogP contribution is 2.22. The van der Waals surface area contributed by atoms with E-state index in [0.29, 0.717) is 0 Å². The summed E-state index contributed by atoms with van der Waals surface area (Å²) in [6.45, 7) is 7.67. The molecule has 0 unspecified atom stereocenters. The molecule has 2 aromatic heterocycles. The van der Waals surface area contributed by atoms with E-state index in [4.69, 9.17) is 0 Å². The molecule has 0 aromatic carbocycles. The van der Waals surface area contributed by atoms with Gasteiger partial charge in [-0.25, -0.2) is 9.97 Å².